The molecule has 1 aliphatic rings. The summed E-state index contributed by atoms with van der Waals surface area (Å²) in [5.41, 5.74) is 0.612. The van der Waals surface area contributed by atoms with Gasteiger partial charge in [0.05, 0.1) is 6.61 Å². The van der Waals surface area contributed by atoms with Crippen LogP contribution in [0.3, 0.4) is 0 Å². The maximum Gasteiger partial charge on any atom is 0.352 e. The van der Waals surface area contributed by atoms with E-state index in [2.05, 4.69) is 0 Å². The summed E-state index contributed by atoms with van der Waals surface area (Å²) in [7, 11) is 0. The Morgan fingerprint density at radius 1 is 1.09 bits per heavy atom. The smallest absolute Gasteiger partial charge is 0.352 e. The van der Waals surface area contributed by atoms with Crippen molar-refractivity contribution in [2.24, 2.45) is 0 Å². The number of esters is 1. The molecular weight excluding hydrogens is 292 g/mol. The van der Waals surface area contributed by atoms with Gasteiger partial charge in [0.2, 0.25) is 6.10 Å². The fraction of sp³-hybridized carbons (Fsp3) is 0.579. The molecule has 1 atom stereocenters. The molecule has 0 amide bonds. The van der Waals surface area contributed by atoms with E-state index in [0.29, 0.717) is 12.2 Å². The Morgan fingerprint density at radius 3 is 2.13 bits per heavy atom. The highest BCUT2D eigenvalue weighted by Crippen LogP contribution is 2.18. The van der Waals surface area contributed by atoms with E-state index in [9.17, 15) is 9.59 Å². The van der Waals surface area contributed by atoms with Gasteiger partial charge in [0.25, 0.3) is 6.47 Å². The highest BCUT2D eigenvalue weighted by atomic mass is 16.6. The van der Waals surface area contributed by atoms with Crippen LogP contribution in [0.1, 0.15) is 70.0 Å². The normalized spacial score (nSPS) is 14.8. The second-order valence-electron chi connectivity index (χ2n) is 5.67. The molecule has 1 aromatic carbocycles. The molecule has 1 saturated carbocycles. The molecule has 0 radical (unpaired) electrons. The number of carbonyl (C=O) groups excluding carboxylic acids is 2. The quantitative estimate of drug-likeness (QED) is 0.419. The molecule has 0 aromatic heterocycles. The van der Waals surface area contributed by atoms with Crippen molar-refractivity contribution in [1.82, 2.24) is 0 Å². The summed E-state index contributed by atoms with van der Waals surface area (Å²) in [6, 6.07) is 8.81. The third-order valence-electron chi connectivity index (χ3n) is 3.75. The predicted octanol–water partition coefficient (Wildman–Crippen LogP) is 4.58. The van der Waals surface area contributed by atoms with Gasteiger partial charge in [-0.3, -0.25) is 4.79 Å². The van der Waals surface area contributed by atoms with Crippen LogP contribution < -0.4 is 0 Å². The van der Waals surface area contributed by atoms with Gasteiger partial charge >= 0.3 is 5.97 Å². The van der Waals surface area contributed by atoms with Gasteiger partial charge in [-0.05, 0) is 6.42 Å². The molecule has 23 heavy (non-hydrogen) atoms. The third kappa shape index (κ3) is 8.38. The van der Waals surface area contributed by atoms with Gasteiger partial charge in [-0.2, -0.15) is 0 Å². The van der Waals surface area contributed by atoms with Crippen LogP contribution in [0.2, 0.25) is 0 Å². The lowest BCUT2D eigenvalue weighted by atomic mass is 10.0. The second-order valence-corrected chi connectivity index (χ2v) is 5.67. The number of carbonyl (C=O) groups is 2. The largest absolute Gasteiger partial charge is 0.463 e. The zero-order valence-electron chi connectivity index (χ0n) is 14.0. The Hall–Kier alpha value is -1.84. The van der Waals surface area contributed by atoms with Crippen molar-refractivity contribution < 1.29 is 19.1 Å². The van der Waals surface area contributed by atoms with E-state index in [-0.39, 0.29) is 6.47 Å². The molecule has 0 heterocycles. The number of unbranched alkanes of at least 4 members (excludes halogenated alkanes) is 1. The first-order chi connectivity index (χ1) is 11.3. The lowest BCUT2D eigenvalue weighted by Crippen LogP contribution is -2.19. The van der Waals surface area contributed by atoms with Crippen molar-refractivity contribution in [1.29, 1.82) is 0 Å². The molecule has 2 rings (SSSR count). The molecule has 0 aliphatic heterocycles. The number of benzene rings is 1. The standard InChI is InChI=1S/C13H16O4.C6H12/c1-2-3-9-16-13(15)12(17-10-14)11-7-5-4-6-8-11;1-2-4-6-5-3-1/h4-8,10,12H,2-3,9H2,1H3;1-6H2. The first kappa shape index (κ1) is 19.2. The van der Waals surface area contributed by atoms with E-state index in [1.54, 1.807) is 24.3 Å². The van der Waals surface area contributed by atoms with Gasteiger partial charge < -0.3 is 9.47 Å². The molecule has 1 aromatic rings. The van der Waals surface area contributed by atoms with Crippen LogP contribution in [0.5, 0.6) is 0 Å². The summed E-state index contributed by atoms with van der Waals surface area (Å²) in [5.74, 6) is -0.531. The van der Waals surface area contributed by atoms with Gasteiger partial charge in [-0.25, -0.2) is 4.79 Å². The molecular formula is C19H28O4. The maximum absolute atomic E-state index is 11.7. The van der Waals surface area contributed by atoms with Crippen molar-refractivity contribution in [3.8, 4) is 0 Å². The van der Waals surface area contributed by atoms with Crippen LogP contribution in [0.4, 0.5) is 0 Å². The van der Waals surface area contributed by atoms with Crippen molar-refractivity contribution in [3.63, 3.8) is 0 Å². The molecule has 4 heteroatoms. The van der Waals surface area contributed by atoms with Crippen molar-refractivity contribution in [2.45, 2.75) is 64.4 Å². The SMILES string of the molecule is C1CCCCC1.CCCCOC(=O)C(OC=O)c1ccccc1. The summed E-state index contributed by atoms with van der Waals surface area (Å²) in [5, 5.41) is 0. The highest BCUT2D eigenvalue weighted by Gasteiger charge is 2.23. The topological polar surface area (TPSA) is 52.6 Å². The summed E-state index contributed by atoms with van der Waals surface area (Å²) in [6.07, 6.45) is 9.78. The monoisotopic (exact) mass is 320 g/mol. The zero-order chi connectivity index (χ0) is 16.8. The van der Waals surface area contributed by atoms with E-state index < -0.39 is 12.1 Å². The summed E-state index contributed by atoms with van der Waals surface area (Å²) in [4.78, 5) is 22.1. The molecule has 0 N–H and O–H groups in total. The third-order valence-corrected chi connectivity index (χ3v) is 3.75. The molecule has 0 saturated heterocycles. The average Bonchev–Trinajstić information content (AvgIpc) is 2.62. The number of hydrogen-bond acceptors (Lipinski definition) is 4. The van der Waals surface area contributed by atoms with Crippen LogP contribution in [-0.4, -0.2) is 19.0 Å². The molecule has 0 spiro atoms. The van der Waals surface area contributed by atoms with Crippen LogP contribution in [0.15, 0.2) is 30.3 Å². The van der Waals surface area contributed by atoms with Crippen LogP contribution in [0.25, 0.3) is 0 Å². The van der Waals surface area contributed by atoms with Gasteiger partial charge in [-0.15, -0.1) is 0 Å². The van der Waals surface area contributed by atoms with Gasteiger partial charge in [0, 0.05) is 5.56 Å². The Kier molecular flexibility index (Phi) is 10.6. The average molecular weight is 320 g/mol. The van der Waals surface area contributed by atoms with E-state index >= 15 is 0 Å². The first-order valence-electron chi connectivity index (χ1n) is 8.60. The zero-order valence-corrected chi connectivity index (χ0v) is 14.0. The second kappa shape index (κ2) is 12.7. The Bertz CT molecular complexity index is 415. The first-order valence-corrected chi connectivity index (χ1v) is 8.60. The lowest BCUT2D eigenvalue weighted by Gasteiger charge is -2.14. The minimum Gasteiger partial charge on any atom is -0.463 e. The van der Waals surface area contributed by atoms with Gasteiger partial charge in [0.1, 0.15) is 0 Å². The van der Waals surface area contributed by atoms with Crippen molar-refractivity contribution in [2.75, 3.05) is 6.61 Å². The molecule has 128 valence electrons. The number of rotatable bonds is 7. The van der Waals surface area contributed by atoms with Crippen molar-refractivity contribution in [3.05, 3.63) is 35.9 Å². The van der Waals surface area contributed by atoms with Gasteiger partial charge in [-0.1, -0.05) is 82.2 Å². The minimum atomic E-state index is -0.967. The van der Waals surface area contributed by atoms with Crippen LogP contribution in [0, 0.1) is 0 Å². The van der Waals surface area contributed by atoms with Crippen LogP contribution in [-0.2, 0) is 19.1 Å². The fourth-order valence-electron chi connectivity index (χ4n) is 2.41. The lowest BCUT2D eigenvalue weighted by molar-refractivity contribution is -0.162. The molecule has 4 nitrogen and oxygen atoms in total. The highest BCUT2D eigenvalue weighted by molar-refractivity contribution is 5.77. The van der Waals surface area contributed by atoms with Crippen molar-refractivity contribution >= 4 is 12.4 Å². The summed E-state index contributed by atoms with van der Waals surface area (Å²) in [6.45, 7) is 2.62. The van der Waals surface area contributed by atoms with E-state index in [1.807, 2.05) is 13.0 Å². The summed E-state index contributed by atoms with van der Waals surface area (Å²) < 4.78 is 9.79. The molecule has 1 unspecified atom stereocenters. The number of hydrogen-bond donors (Lipinski definition) is 0. The van der Waals surface area contributed by atoms with Crippen LogP contribution >= 0.6 is 0 Å². The molecule has 1 aliphatic carbocycles. The van der Waals surface area contributed by atoms with E-state index in [0.717, 1.165) is 12.8 Å². The molecule has 0 bridgehead atoms. The molecule has 1 fully saturated rings. The van der Waals surface area contributed by atoms with E-state index in [4.69, 9.17) is 9.47 Å². The Balaban J connectivity index is 0.000000366. The minimum absolute atomic E-state index is 0.263. The maximum atomic E-state index is 11.7. The van der Waals surface area contributed by atoms with E-state index in [1.165, 1.54) is 38.5 Å². The predicted molar refractivity (Wildman–Crippen MR) is 89.9 cm³/mol. The Morgan fingerprint density at radius 2 is 1.65 bits per heavy atom. The summed E-state index contributed by atoms with van der Waals surface area (Å²) >= 11 is 0. The fourth-order valence-corrected chi connectivity index (χ4v) is 2.41. The van der Waals surface area contributed by atoms with Gasteiger partial charge in [0.15, 0.2) is 0 Å². The number of ether oxygens (including phenoxy) is 2. The Labute approximate surface area is 139 Å².